The third-order valence-electron chi connectivity index (χ3n) is 3.12. The molecule has 1 aromatic carbocycles. The lowest BCUT2D eigenvalue weighted by atomic mass is 10.2. The highest BCUT2D eigenvalue weighted by Gasteiger charge is 2.11. The topological polar surface area (TPSA) is 40.5 Å². The van der Waals surface area contributed by atoms with Crippen molar-refractivity contribution in [1.29, 1.82) is 0 Å². The average molecular weight is 289 g/mol. The Kier molecular flexibility index (Phi) is 5.92. The van der Waals surface area contributed by atoms with Gasteiger partial charge in [0.15, 0.2) is 5.78 Å². The maximum absolute atomic E-state index is 12.0. The summed E-state index contributed by atoms with van der Waals surface area (Å²) in [5.41, 5.74) is 1.20. The number of hydrogen-bond donors (Lipinski definition) is 1. The number of nitrogens with zero attached hydrogens (tertiary/aromatic N) is 1. The lowest BCUT2D eigenvalue weighted by Crippen LogP contribution is -2.28. The van der Waals surface area contributed by atoms with Gasteiger partial charge in [0.25, 0.3) is 0 Å². The molecule has 0 atom stereocenters. The summed E-state index contributed by atoms with van der Waals surface area (Å²) in [6, 6.07) is 13.9. The van der Waals surface area contributed by atoms with Crippen LogP contribution in [0.1, 0.15) is 21.7 Å². The minimum atomic E-state index is 0.111. The van der Waals surface area contributed by atoms with Gasteiger partial charge in [-0.25, -0.2) is 0 Å². The van der Waals surface area contributed by atoms with Crippen molar-refractivity contribution in [2.75, 3.05) is 19.7 Å². The highest BCUT2D eigenvalue weighted by Crippen LogP contribution is 2.12. The zero-order valence-corrected chi connectivity index (χ0v) is 12.2. The van der Waals surface area contributed by atoms with E-state index in [2.05, 4.69) is 17.0 Å². The molecule has 2 aromatic rings. The molecule has 20 heavy (non-hydrogen) atoms. The van der Waals surface area contributed by atoms with E-state index in [4.69, 9.17) is 5.11 Å². The Morgan fingerprint density at radius 2 is 1.90 bits per heavy atom. The average Bonchev–Trinajstić information content (AvgIpc) is 3.00. The quantitative estimate of drug-likeness (QED) is 0.760. The van der Waals surface area contributed by atoms with Gasteiger partial charge in [-0.05, 0) is 17.0 Å². The van der Waals surface area contributed by atoms with Gasteiger partial charge in [-0.2, -0.15) is 0 Å². The molecule has 0 amide bonds. The first-order chi connectivity index (χ1) is 9.79. The van der Waals surface area contributed by atoms with Gasteiger partial charge in [-0.15, -0.1) is 11.3 Å². The molecule has 0 unspecified atom stereocenters. The first-order valence-electron chi connectivity index (χ1n) is 6.73. The van der Waals surface area contributed by atoms with E-state index in [1.54, 1.807) is 0 Å². The van der Waals surface area contributed by atoms with Gasteiger partial charge in [-0.1, -0.05) is 36.4 Å². The van der Waals surface area contributed by atoms with Crippen molar-refractivity contribution in [3.63, 3.8) is 0 Å². The van der Waals surface area contributed by atoms with E-state index < -0.39 is 0 Å². The molecule has 0 bridgehead atoms. The van der Waals surface area contributed by atoms with Crippen molar-refractivity contribution in [3.05, 3.63) is 58.3 Å². The third-order valence-corrected chi connectivity index (χ3v) is 4.03. The van der Waals surface area contributed by atoms with Gasteiger partial charge in [0, 0.05) is 26.1 Å². The zero-order valence-electron chi connectivity index (χ0n) is 11.4. The molecule has 0 aliphatic heterocycles. The summed E-state index contributed by atoms with van der Waals surface area (Å²) in [6.07, 6.45) is 0.493. The van der Waals surface area contributed by atoms with Gasteiger partial charge in [0.05, 0.1) is 11.5 Å². The number of Topliss-reactive ketones (excluding diaryl/α,β-unsaturated/α-hetero) is 1. The molecule has 2 rings (SSSR count). The van der Waals surface area contributed by atoms with Crippen LogP contribution in [0.5, 0.6) is 0 Å². The smallest absolute Gasteiger partial charge is 0.174 e. The zero-order chi connectivity index (χ0) is 14.2. The Morgan fingerprint density at radius 3 is 2.55 bits per heavy atom. The molecule has 1 heterocycles. The molecule has 1 aromatic heterocycles. The minimum absolute atomic E-state index is 0.111. The molecule has 0 spiro atoms. The molecule has 0 fully saturated rings. The molecule has 0 radical (unpaired) electrons. The van der Waals surface area contributed by atoms with Crippen LogP contribution in [0.2, 0.25) is 0 Å². The largest absolute Gasteiger partial charge is 0.395 e. The van der Waals surface area contributed by atoms with Gasteiger partial charge >= 0.3 is 0 Å². The molecule has 0 aliphatic rings. The van der Waals surface area contributed by atoms with E-state index in [0.717, 1.165) is 11.4 Å². The predicted molar refractivity (Wildman–Crippen MR) is 82.1 cm³/mol. The van der Waals surface area contributed by atoms with E-state index in [9.17, 15) is 4.79 Å². The van der Waals surface area contributed by atoms with Gasteiger partial charge in [0.1, 0.15) is 0 Å². The van der Waals surface area contributed by atoms with Crippen LogP contribution in [0.25, 0.3) is 0 Å². The van der Waals surface area contributed by atoms with Crippen LogP contribution in [0, 0.1) is 0 Å². The van der Waals surface area contributed by atoms with E-state index >= 15 is 0 Å². The maximum Gasteiger partial charge on any atom is 0.174 e. The van der Waals surface area contributed by atoms with Crippen LogP contribution in [0.4, 0.5) is 0 Å². The molecule has 0 saturated heterocycles. The Labute approximate surface area is 123 Å². The lowest BCUT2D eigenvalue weighted by Gasteiger charge is -2.20. The number of aliphatic hydroxyl groups excluding tert-OH is 1. The normalized spacial score (nSPS) is 10.9. The van der Waals surface area contributed by atoms with Gasteiger partial charge in [0.2, 0.25) is 0 Å². The standard InChI is InChI=1S/C16H19NO2S/c18-11-10-17(13-14-5-2-1-3-6-14)9-8-15(19)16-7-4-12-20-16/h1-7,12,18H,8-11,13H2. The number of aliphatic hydroxyl groups is 1. The van der Waals surface area contributed by atoms with Crippen molar-refractivity contribution in [2.45, 2.75) is 13.0 Å². The molecule has 3 nitrogen and oxygen atoms in total. The number of benzene rings is 1. The number of rotatable bonds is 8. The summed E-state index contributed by atoms with van der Waals surface area (Å²) in [5.74, 6) is 0.177. The summed E-state index contributed by atoms with van der Waals surface area (Å²) in [5, 5.41) is 11.1. The second-order valence-electron chi connectivity index (χ2n) is 4.64. The molecule has 0 aliphatic carbocycles. The fourth-order valence-electron chi connectivity index (χ4n) is 2.07. The molecule has 1 N–H and O–H groups in total. The summed E-state index contributed by atoms with van der Waals surface area (Å²) in [4.78, 5) is 14.9. The molecular weight excluding hydrogens is 270 g/mol. The van der Waals surface area contributed by atoms with Gasteiger partial charge in [-0.3, -0.25) is 9.69 Å². The Bertz CT molecular complexity index is 511. The predicted octanol–water partition coefficient (Wildman–Crippen LogP) is 2.82. The summed E-state index contributed by atoms with van der Waals surface area (Å²) >= 11 is 1.48. The van der Waals surface area contributed by atoms with E-state index in [-0.39, 0.29) is 12.4 Å². The van der Waals surface area contributed by atoms with Crippen molar-refractivity contribution in [1.82, 2.24) is 4.90 Å². The fourth-order valence-corrected chi connectivity index (χ4v) is 2.77. The number of ketones is 1. The Morgan fingerprint density at radius 1 is 1.10 bits per heavy atom. The summed E-state index contributed by atoms with van der Waals surface area (Å²) in [6.45, 7) is 2.14. The van der Waals surface area contributed by atoms with Crippen molar-refractivity contribution in [3.8, 4) is 0 Å². The molecule has 4 heteroatoms. The van der Waals surface area contributed by atoms with Crippen LogP contribution in [-0.4, -0.2) is 35.5 Å². The number of carbonyl (C=O) groups is 1. The minimum Gasteiger partial charge on any atom is -0.395 e. The number of hydrogen-bond acceptors (Lipinski definition) is 4. The highest BCUT2D eigenvalue weighted by molar-refractivity contribution is 7.12. The number of thiophene rings is 1. The Hall–Kier alpha value is -1.49. The number of carbonyl (C=O) groups excluding carboxylic acids is 1. The van der Waals surface area contributed by atoms with Gasteiger partial charge < -0.3 is 5.11 Å². The lowest BCUT2D eigenvalue weighted by molar-refractivity contribution is 0.0958. The highest BCUT2D eigenvalue weighted by atomic mass is 32.1. The second kappa shape index (κ2) is 7.94. The first kappa shape index (κ1) is 14.9. The maximum atomic E-state index is 12.0. The fraction of sp³-hybridized carbons (Fsp3) is 0.312. The van der Waals surface area contributed by atoms with E-state index in [1.807, 2.05) is 35.7 Å². The SMILES string of the molecule is O=C(CCN(CCO)Cc1ccccc1)c1cccs1. The first-order valence-corrected chi connectivity index (χ1v) is 7.61. The van der Waals surface area contributed by atoms with Crippen LogP contribution in [-0.2, 0) is 6.54 Å². The van der Waals surface area contributed by atoms with Crippen LogP contribution in [0.15, 0.2) is 47.8 Å². The molecule has 0 saturated carbocycles. The van der Waals surface area contributed by atoms with Crippen molar-refractivity contribution < 1.29 is 9.90 Å². The third kappa shape index (κ3) is 4.56. The van der Waals surface area contributed by atoms with E-state index in [0.29, 0.717) is 19.5 Å². The van der Waals surface area contributed by atoms with Crippen LogP contribution >= 0.6 is 11.3 Å². The second-order valence-corrected chi connectivity index (χ2v) is 5.58. The van der Waals surface area contributed by atoms with Crippen LogP contribution < -0.4 is 0 Å². The van der Waals surface area contributed by atoms with Crippen molar-refractivity contribution >= 4 is 17.1 Å². The Balaban J connectivity index is 1.87. The monoisotopic (exact) mass is 289 g/mol. The summed E-state index contributed by atoms with van der Waals surface area (Å²) < 4.78 is 0. The van der Waals surface area contributed by atoms with Crippen LogP contribution in [0.3, 0.4) is 0 Å². The van der Waals surface area contributed by atoms with E-state index in [1.165, 1.54) is 16.9 Å². The molecule has 106 valence electrons. The van der Waals surface area contributed by atoms with Crippen molar-refractivity contribution in [2.24, 2.45) is 0 Å². The molecular formula is C16H19NO2S. The summed E-state index contributed by atoms with van der Waals surface area (Å²) in [7, 11) is 0.